The number of aromatic nitrogens is 2. The lowest BCUT2D eigenvalue weighted by molar-refractivity contribution is -0.139. The molecular formula is C17H21N3O4. The smallest absolute Gasteiger partial charge is 0.329 e. The molecule has 7 nitrogen and oxygen atoms in total. The van der Waals surface area contributed by atoms with Gasteiger partial charge in [0.1, 0.15) is 6.54 Å². The van der Waals surface area contributed by atoms with Gasteiger partial charge >= 0.3 is 11.7 Å². The van der Waals surface area contributed by atoms with Crippen LogP contribution >= 0.6 is 0 Å². The van der Waals surface area contributed by atoms with Crippen LogP contribution in [0.15, 0.2) is 29.1 Å². The summed E-state index contributed by atoms with van der Waals surface area (Å²) in [5.74, 6) is -1.24. The van der Waals surface area contributed by atoms with Crippen molar-refractivity contribution in [2.75, 3.05) is 0 Å². The molecule has 0 radical (unpaired) electrons. The highest BCUT2D eigenvalue weighted by Crippen LogP contribution is 2.32. The zero-order valence-electron chi connectivity index (χ0n) is 13.6. The van der Waals surface area contributed by atoms with Gasteiger partial charge in [0.2, 0.25) is 5.91 Å². The third-order valence-electron chi connectivity index (χ3n) is 4.81. The Labute approximate surface area is 138 Å². The van der Waals surface area contributed by atoms with E-state index in [0.717, 1.165) is 18.4 Å². The Morgan fingerprint density at radius 3 is 2.46 bits per heavy atom. The number of carbonyl (C=O) groups excluding carboxylic acids is 1. The molecule has 0 aliphatic heterocycles. The number of para-hydroxylation sites is 2. The second-order valence-electron chi connectivity index (χ2n) is 6.52. The van der Waals surface area contributed by atoms with Gasteiger partial charge in [-0.25, -0.2) is 4.79 Å². The molecule has 1 aliphatic carbocycles. The van der Waals surface area contributed by atoms with Crippen LogP contribution in [0.1, 0.15) is 32.1 Å². The minimum atomic E-state index is -0.917. The van der Waals surface area contributed by atoms with Gasteiger partial charge < -0.3 is 10.4 Å². The van der Waals surface area contributed by atoms with Crippen molar-refractivity contribution in [1.82, 2.24) is 14.5 Å². The number of imidazole rings is 1. The molecule has 0 bridgehead atoms. The largest absolute Gasteiger partial charge is 0.481 e. The maximum absolute atomic E-state index is 12.5. The number of carboxylic acid groups (broad SMARTS) is 1. The predicted octanol–water partition coefficient (Wildman–Crippen LogP) is 1.24. The number of nitrogens with one attached hydrogen (secondary N) is 1. The average molecular weight is 331 g/mol. The van der Waals surface area contributed by atoms with Crippen LogP contribution in [0.5, 0.6) is 0 Å². The fraction of sp³-hybridized carbons (Fsp3) is 0.471. The van der Waals surface area contributed by atoms with Gasteiger partial charge in [0.25, 0.3) is 0 Å². The molecule has 7 heteroatoms. The molecule has 1 amide bonds. The Morgan fingerprint density at radius 1 is 1.21 bits per heavy atom. The fourth-order valence-corrected chi connectivity index (χ4v) is 3.68. The molecule has 1 aromatic carbocycles. The zero-order chi connectivity index (χ0) is 17.3. The minimum absolute atomic E-state index is 0.0802. The van der Waals surface area contributed by atoms with Gasteiger partial charge in [0.15, 0.2) is 0 Å². The van der Waals surface area contributed by atoms with Crippen LogP contribution in [0.4, 0.5) is 0 Å². The maximum Gasteiger partial charge on any atom is 0.329 e. The van der Waals surface area contributed by atoms with Crippen LogP contribution in [0.3, 0.4) is 0 Å². The van der Waals surface area contributed by atoms with Crippen molar-refractivity contribution in [3.8, 4) is 0 Å². The number of aliphatic carboxylic acids is 1. The second kappa shape index (κ2) is 6.14. The molecule has 1 heterocycles. The van der Waals surface area contributed by atoms with Gasteiger partial charge in [-0.3, -0.25) is 18.7 Å². The number of carboxylic acids is 1. The molecule has 0 unspecified atom stereocenters. The monoisotopic (exact) mass is 331 g/mol. The average Bonchev–Trinajstić information content (AvgIpc) is 3.06. The van der Waals surface area contributed by atoms with E-state index in [9.17, 15) is 14.4 Å². The molecule has 24 heavy (non-hydrogen) atoms. The molecule has 3 rings (SSSR count). The highest BCUT2D eigenvalue weighted by Gasteiger charge is 2.37. The molecule has 0 saturated heterocycles. The lowest BCUT2D eigenvalue weighted by Crippen LogP contribution is -2.49. The Balaban J connectivity index is 1.84. The first-order valence-electron chi connectivity index (χ1n) is 8.09. The lowest BCUT2D eigenvalue weighted by Gasteiger charge is -2.28. The molecule has 2 aromatic rings. The van der Waals surface area contributed by atoms with E-state index in [-0.39, 0.29) is 24.6 Å². The number of hydrogen-bond acceptors (Lipinski definition) is 3. The van der Waals surface area contributed by atoms with E-state index in [1.807, 2.05) is 18.2 Å². The van der Waals surface area contributed by atoms with Gasteiger partial charge in [-0.05, 0) is 25.0 Å². The number of benzene rings is 1. The Hall–Kier alpha value is -2.57. The van der Waals surface area contributed by atoms with Gasteiger partial charge in [-0.15, -0.1) is 0 Å². The predicted molar refractivity (Wildman–Crippen MR) is 88.8 cm³/mol. The van der Waals surface area contributed by atoms with E-state index in [1.54, 1.807) is 13.1 Å². The minimum Gasteiger partial charge on any atom is -0.481 e. The molecule has 1 aromatic heterocycles. The summed E-state index contributed by atoms with van der Waals surface area (Å²) in [5.41, 5.74) is 0.511. The van der Waals surface area contributed by atoms with Crippen molar-refractivity contribution in [3.05, 3.63) is 34.7 Å². The molecule has 2 N–H and O–H groups in total. The molecule has 1 aliphatic rings. The highest BCUT2D eigenvalue weighted by molar-refractivity contribution is 5.82. The summed E-state index contributed by atoms with van der Waals surface area (Å²) >= 11 is 0. The Morgan fingerprint density at radius 2 is 1.83 bits per heavy atom. The third-order valence-corrected chi connectivity index (χ3v) is 4.81. The normalized spacial score (nSPS) is 16.4. The molecule has 1 saturated carbocycles. The van der Waals surface area contributed by atoms with Crippen molar-refractivity contribution in [1.29, 1.82) is 0 Å². The van der Waals surface area contributed by atoms with E-state index in [0.29, 0.717) is 18.4 Å². The second-order valence-corrected chi connectivity index (χ2v) is 6.52. The van der Waals surface area contributed by atoms with Crippen LogP contribution in [0.2, 0.25) is 0 Å². The zero-order valence-corrected chi connectivity index (χ0v) is 13.6. The number of rotatable bonds is 5. The summed E-state index contributed by atoms with van der Waals surface area (Å²) in [6.45, 7) is -0.110. The summed E-state index contributed by atoms with van der Waals surface area (Å²) in [5, 5.41) is 12.0. The van der Waals surface area contributed by atoms with Crippen molar-refractivity contribution in [2.24, 2.45) is 7.05 Å². The lowest BCUT2D eigenvalue weighted by atomic mass is 9.93. The molecule has 0 spiro atoms. The van der Waals surface area contributed by atoms with E-state index in [2.05, 4.69) is 5.32 Å². The quantitative estimate of drug-likeness (QED) is 0.862. The Bertz CT molecular complexity index is 843. The summed E-state index contributed by atoms with van der Waals surface area (Å²) in [4.78, 5) is 36.0. The third kappa shape index (κ3) is 2.93. The maximum atomic E-state index is 12.5. The SMILES string of the molecule is Cn1c(=O)n(CC(=O)NC2(CC(=O)O)CCCC2)c2ccccc21. The van der Waals surface area contributed by atoms with Crippen LogP contribution in [0.25, 0.3) is 11.0 Å². The first-order valence-corrected chi connectivity index (χ1v) is 8.09. The van der Waals surface area contributed by atoms with Crippen LogP contribution in [0, 0.1) is 0 Å². The molecule has 1 fully saturated rings. The number of aryl methyl sites for hydroxylation is 1. The number of hydrogen-bond donors (Lipinski definition) is 2. The highest BCUT2D eigenvalue weighted by atomic mass is 16.4. The van der Waals surface area contributed by atoms with E-state index >= 15 is 0 Å². The fourth-order valence-electron chi connectivity index (χ4n) is 3.68. The van der Waals surface area contributed by atoms with Crippen molar-refractivity contribution < 1.29 is 14.7 Å². The van der Waals surface area contributed by atoms with E-state index in [1.165, 1.54) is 9.13 Å². The summed E-state index contributed by atoms with van der Waals surface area (Å²) in [6, 6.07) is 7.28. The van der Waals surface area contributed by atoms with Crippen LogP contribution in [-0.4, -0.2) is 31.7 Å². The first kappa shape index (κ1) is 16.3. The summed E-state index contributed by atoms with van der Waals surface area (Å²) in [6.07, 6.45) is 3.05. The van der Waals surface area contributed by atoms with E-state index < -0.39 is 11.5 Å². The topological polar surface area (TPSA) is 93.3 Å². The van der Waals surface area contributed by atoms with Crippen LogP contribution < -0.4 is 11.0 Å². The Kier molecular flexibility index (Phi) is 4.17. The van der Waals surface area contributed by atoms with Crippen molar-refractivity contribution in [2.45, 2.75) is 44.2 Å². The molecule has 0 atom stereocenters. The van der Waals surface area contributed by atoms with Gasteiger partial charge in [-0.2, -0.15) is 0 Å². The number of fused-ring (bicyclic) bond motifs is 1. The summed E-state index contributed by atoms with van der Waals surface area (Å²) in [7, 11) is 1.67. The molecule has 128 valence electrons. The van der Waals surface area contributed by atoms with Gasteiger partial charge in [-0.1, -0.05) is 25.0 Å². The first-order chi connectivity index (χ1) is 11.4. The number of carbonyl (C=O) groups is 2. The standard InChI is InChI=1S/C17H21N3O4/c1-19-12-6-2-3-7-13(12)20(16(19)24)11-14(21)18-17(10-15(22)23)8-4-5-9-17/h2-3,6-7H,4-5,8-11H2,1H3,(H,18,21)(H,22,23). The van der Waals surface area contributed by atoms with Crippen molar-refractivity contribution in [3.63, 3.8) is 0 Å². The molecular weight excluding hydrogens is 310 g/mol. The van der Waals surface area contributed by atoms with Crippen molar-refractivity contribution >= 4 is 22.9 Å². The van der Waals surface area contributed by atoms with Gasteiger partial charge in [0, 0.05) is 7.05 Å². The van der Waals surface area contributed by atoms with Crippen LogP contribution in [-0.2, 0) is 23.2 Å². The summed E-state index contributed by atoms with van der Waals surface area (Å²) < 4.78 is 2.93. The number of nitrogens with zero attached hydrogens (tertiary/aromatic N) is 2. The van der Waals surface area contributed by atoms with Gasteiger partial charge in [0.05, 0.1) is 23.0 Å². The number of amides is 1. The van der Waals surface area contributed by atoms with E-state index in [4.69, 9.17) is 5.11 Å².